The van der Waals surface area contributed by atoms with Crippen molar-refractivity contribution in [3.63, 3.8) is 0 Å². The predicted octanol–water partition coefficient (Wildman–Crippen LogP) is 4.51. The molecule has 0 aromatic heterocycles. The maximum Gasteiger partial charge on any atom is 0.256 e. The number of hydrogen-bond acceptors (Lipinski definition) is 3. The summed E-state index contributed by atoms with van der Waals surface area (Å²) in [7, 11) is 0. The Balaban J connectivity index is 1.66. The van der Waals surface area contributed by atoms with E-state index in [-0.39, 0.29) is 17.4 Å². The molecule has 0 spiro atoms. The van der Waals surface area contributed by atoms with Gasteiger partial charge in [-0.05, 0) is 54.0 Å². The quantitative estimate of drug-likeness (QED) is 0.209. The van der Waals surface area contributed by atoms with Crippen LogP contribution in [0.2, 0.25) is 0 Å². The molecule has 0 heterocycles. The molecule has 4 nitrogen and oxygen atoms in total. The first-order chi connectivity index (χ1) is 15.7. The van der Waals surface area contributed by atoms with Crippen molar-refractivity contribution in [1.82, 2.24) is 10.6 Å². The Morgan fingerprint density at radius 1 is 0.719 bits per heavy atom. The SMILES string of the molecule is CSc1ccc(C=C(C(=O)NCCc2ccccc2)C(=O)NCCc2ccccc2)cc1. The maximum absolute atomic E-state index is 12.9. The lowest BCUT2D eigenvalue weighted by Crippen LogP contribution is -2.36. The van der Waals surface area contributed by atoms with E-state index in [9.17, 15) is 9.59 Å². The second kappa shape index (κ2) is 12.5. The molecular weight excluding hydrogens is 416 g/mol. The largest absolute Gasteiger partial charge is 0.352 e. The topological polar surface area (TPSA) is 58.2 Å². The van der Waals surface area contributed by atoms with E-state index in [1.807, 2.05) is 91.2 Å². The van der Waals surface area contributed by atoms with Gasteiger partial charge in [0.25, 0.3) is 11.8 Å². The molecule has 0 aliphatic rings. The minimum Gasteiger partial charge on any atom is -0.352 e. The Labute approximate surface area is 194 Å². The Morgan fingerprint density at radius 2 is 1.19 bits per heavy atom. The third-order valence-corrected chi connectivity index (χ3v) is 5.74. The van der Waals surface area contributed by atoms with E-state index >= 15 is 0 Å². The molecule has 0 aliphatic carbocycles. The minimum atomic E-state index is -0.368. The summed E-state index contributed by atoms with van der Waals surface area (Å²) >= 11 is 1.65. The van der Waals surface area contributed by atoms with Crippen LogP contribution in [0.15, 0.2) is 95.4 Å². The lowest BCUT2D eigenvalue weighted by molar-refractivity contribution is -0.123. The molecule has 164 valence electrons. The molecule has 2 amide bonds. The van der Waals surface area contributed by atoms with Gasteiger partial charge in [0.1, 0.15) is 5.57 Å². The van der Waals surface area contributed by atoms with Gasteiger partial charge in [-0.25, -0.2) is 0 Å². The standard InChI is InChI=1S/C27H28N2O2S/c1-32-24-14-12-23(13-15-24)20-25(26(30)28-18-16-21-8-4-2-5-9-21)27(31)29-19-17-22-10-6-3-7-11-22/h2-15,20H,16-19H2,1H3,(H,28,30)(H,29,31). The van der Waals surface area contributed by atoms with Gasteiger partial charge in [-0.3, -0.25) is 9.59 Å². The van der Waals surface area contributed by atoms with Gasteiger partial charge in [0.15, 0.2) is 0 Å². The fourth-order valence-corrected chi connectivity index (χ4v) is 3.63. The van der Waals surface area contributed by atoms with Crippen LogP contribution in [0, 0.1) is 0 Å². The van der Waals surface area contributed by atoms with Crippen LogP contribution in [0.1, 0.15) is 16.7 Å². The summed E-state index contributed by atoms with van der Waals surface area (Å²) < 4.78 is 0. The van der Waals surface area contributed by atoms with Gasteiger partial charge in [0.05, 0.1) is 0 Å². The number of carbonyl (C=O) groups excluding carboxylic acids is 2. The third kappa shape index (κ3) is 7.43. The van der Waals surface area contributed by atoms with Crippen molar-refractivity contribution in [3.8, 4) is 0 Å². The summed E-state index contributed by atoms with van der Waals surface area (Å²) in [4.78, 5) is 26.9. The molecule has 0 saturated heterocycles. The number of thioether (sulfide) groups is 1. The monoisotopic (exact) mass is 444 g/mol. The first-order valence-corrected chi connectivity index (χ1v) is 11.9. The van der Waals surface area contributed by atoms with Gasteiger partial charge in [0, 0.05) is 18.0 Å². The summed E-state index contributed by atoms with van der Waals surface area (Å²) in [5, 5.41) is 5.78. The minimum absolute atomic E-state index is 0.114. The molecule has 0 fully saturated rings. The average Bonchev–Trinajstić information content (AvgIpc) is 2.84. The van der Waals surface area contributed by atoms with Crippen molar-refractivity contribution in [2.75, 3.05) is 19.3 Å². The zero-order chi connectivity index (χ0) is 22.6. The van der Waals surface area contributed by atoms with Crippen molar-refractivity contribution < 1.29 is 9.59 Å². The van der Waals surface area contributed by atoms with Crippen LogP contribution < -0.4 is 10.6 Å². The van der Waals surface area contributed by atoms with Gasteiger partial charge in [-0.15, -0.1) is 11.8 Å². The van der Waals surface area contributed by atoms with E-state index in [0.717, 1.165) is 21.6 Å². The summed E-state index contributed by atoms with van der Waals surface area (Å²) in [5.41, 5.74) is 3.20. The molecule has 5 heteroatoms. The number of hydrogen-bond donors (Lipinski definition) is 2. The van der Waals surface area contributed by atoms with Gasteiger partial charge < -0.3 is 10.6 Å². The van der Waals surface area contributed by atoms with Crippen molar-refractivity contribution in [3.05, 3.63) is 107 Å². The van der Waals surface area contributed by atoms with Crippen LogP contribution in [0.3, 0.4) is 0 Å². The molecular formula is C27H28N2O2S. The Bertz CT molecular complexity index is 973. The zero-order valence-electron chi connectivity index (χ0n) is 18.2. The molecule has 0 aliphatic heterocycles. The maximum atomic E-state index is 12.9. The van der Waals surface area contributed by atoms with Gasteiger partial charge in [-0.1, -0.05) is 72.8 Å². The molecule has 0 unspecified atom stereocenters. The van der Waals surface area contributed by atoms with Crippen LogP contribution in [-0.4, -0.2) is 31.2 Å². The molecule has 3 rings (SSSR count). The van der Waals surface area contributed by atoms with Crippen LogP contribution in [0.25, 0.3) is 6.08 Å². The Morgan fingerprint density at radius 3 is 1.62 bits per heavy atom. The van der Waals surface area contributed by atoms with Gasteiger partial charge in [0.2, 0.25) is 0 Å². The highest BCUT2D eigenvalue weighted by atomic mass is 32.2. The number of amides is 2. The van der Waals surface area contributed by atoms with E-state index in [0.29, 0.717) is 25.9 Å². The smallest absolute Gasteiger partial charge is 0.256 e. The molecule has 3 aromatic carbocycles. The Kier molecular flexibility index (Phi) is 9.14. The fourth-order valence-electron chi connectivity index (χ4n) is 3.22. The number of nitrogens with one attached hydrogen (secondary N) is 2. The second-order valence-electron chi connectivity index (χ2n) is 7.31. The zero-order valence-corrected chi connectivity index (χ0v) is 19.0. The fraction of sp³-hybridized carbons (Fsp3) is 0.185. The van der Waals surface area contributed by atoms with Gasteiger partial charge >= 0.3 is 0 Å². The molecule has 0 saturated carbocycles. The average molecular weight is 445 g/mol. The van der Waals surface area contributed by atoms with E-state index in [1.165, 1.54) is 0 Å². The van der Waals surface area contributed by atoms with Crippen LogP contribution in [0.4, 0.5) is 0 Å². The Hall–Kier alpha value is -3.31. The summed E-state index contributed by atoms with van der Waals surface area (Å²) in [6, 6.07) is 27.7. The second-order valence-corrected chi connectivity index (χ2v) is 8.19. The highest BCUT2D eigenvalue weighted by Gasteiger charge is 2.18. The molecule has 3 aromatic rings. The van der Waals surface area contributed by atoms with Crippen LogP contribution >= 0.6 is 11.8 Å². The molecule has 2 N–H and O–H groups in total. The number of carbonyl (C=O) groups is 2. The first kappa shape index (κ1) is 23.4. The van der Waals surface area contributed by atoms with Crippen molar-refractivity contribution in [2.45, 2.75) is 17.7 Å². The van der Waals surface area contributed by atoms with E-state index in [2.05, 4.69) is 10.6 Å². The van der Waals surface area contributed by atoms with Crippen LogP contribution in [-0.2, 0) is 22.4 Å². The van der Waals surface area contributed by atoms with Crippen LogP contribution in [0.5, 0.6) is 0 Å². The van der Waals surface area contributed by atoms with E-state index in [1.54, 1.807) is 17.8 Å². The summed E-state index contributed by atoms with van der Waals surface area (Å²) in [6.45, 7) is 0.922. The molecule has 0 radical (unpaired) electrons. The van der Waals surface area contributed by atoms with Gasteiger partial charge in [-0.2, -0.15) is 0 Å². The first-order valence-electron chi connectivity index (χ1n) is 10.7. The molecule has 32 heavy (non-hydrogen) atoms. The predicted molar refractivity (Wildman–Crippen MR) is 133 cm³/mol. The normalized spacial score (nSPS) is 10.3. The lowest BCUT2D eigenvalue weighted by Gasteiger charge is -2.11. The number of rotatable bonds is 10. The van der Waals surface area contributed by atoms with Crippen molar-refractivity contribution in [2.24, 2.45) is 0 Å². The van der Waals surface area contributed by atoms with Crippen molar-refractivity contribution >= 4 is 29.7 Å². The lowest BCUT2D eigenvalue weighted by atomic mass is 10.1. The number of benzene rings is 3. The summed E-state index contributed by atoms with van der Waals surface area (Å²) in [5.74, 6) is -0.737. The van der Waals surface area contributed by atoms with E-state index in [4.69, 9.17) is 0 Å². The van der Waals surface area contributed by atoms with Crippen molar-refractivity contribution in [1.29, 1.82) is 0 Å². The molecule has 0 atom stereocenters. The van der Waals surface area contributed by atoms with E-state index < -0.39 is 0 Å². The summed E-state index contributed by atoms with van der Waals surface area (Å²) in [6.07, 6.45) is 5.08. The highest BCUT2D eigenvalue weighted by molar-refractivity contribution is 7.98. The molecule has 0 bridgehead atoms. The highest BCUT2D eigenvalue weighted by Crippen LogP contribution is 2.17. The third-order valence-electron chi connectivity index (χ3n) is 5.00.